The molecule has 0 aliphatic heterocycles. The fourth-order valence-corrected chi connectivity index (χ4v) is 4.33. The zero-order valence-corrected chi connectivity index (χ0v) is 26.7. The van der Waals surface area contributed by atoms with Crippen molar-refractivity contribution in [1.82, 2.24) is 15.5 Å². The van der Waals surface area contributed by atoms with Crippen LogP contribution in [0.4, 0.5) is 0 Å². The van der Waals surface area contributed by atoms with Crippen molar-refractivity contribution in [1.29, 1.82) is 0 Å². The van der Waals surface area contributed by atoms with Crippen molar-refractivity contribution in [2.75, 3.05) is 46.3 Å². The maximum Gasteiger partial charge on any atom is 0.0664 e. The number of aliphatic hydroxyl groups excluding tert-OH is 2. The largest absolute Gasteiger partial charge is 0.392 e. The van der Waals surface area contributed by atoms with E-state index in [0.717, 1.165) is 90.4 Å². The number of nitrogens with one attached hydrogen (secondary N) is 2. The minimum absolute atomic E-state index is 0.257. The van der Waals surface area contributed by atoms with Gasteiger partial charge in [-0.15, -0.1) is 0 Å². The minimum Gasteiger partial charge on any atom is -0.392 e. The summed E-state index contributed by atoms with van der Waals surface area (Å²) in [7, 11) is 2.12. The van der Waals surface area contributed by atoms with Gasteiger partial charge in [-0.25, -0.2) is 0 Å². The smallest absolute Gasteiger partial charge is 0.0664 e. The highest BCUT2D eigenvalue weighted by Gasteiger charge is 2.05. The molecular weight excluding hydrogens is 494 g/mol. The van der Waals surface area contributed by atoms with Crippen molar-refractivity contribution in [2.45, 2.75) is 129 Å². The van der Waals surface area contributed by atoms with Crippen LogP contribution in [0.2, 0.25) is 0 Å². The molecule has 234 valence electrons. The fraction of sp³-hybridized carbons (Fsp3) is 0.771. The maximum atomic E-state index is 10.2. The second-order valence-electron chi connectivity index (χ2n) is 11.2. The first kappa shape index (κ1) is 38.8. The van der Waals surface area contributed by atoms with Gasteiger partial charge >= 0.3 is 0 Å². The van der Waals surface area contributed by atoms with E-state index in [4.69, 9.17) is 0 Å². The summed E-state index contributed by atoms with van der Waals surface area (Å²) in [6, 6.07) is 0. The van der Waals surface area contributed by atoms with Crippen molar-refractivity contribution in [3.05, 3.63) is 48.6 Å². The number of nitrogens with zero attached hydrogens (tertiary/aromatic N) is 1. The van der Waals surface area contributed by atoms with Crippen LogP contribution in [0.3, 0.4) is 0 Å². The van der Waals surface area contributed by atoms with E-state index in [1.54, 1.807) is 0 Å². The van der Waals surface area contributed by atoms with E-state index in [0.29, 0.717) is 13.1 Å². The van der Waals surface area contributed by atoms with Crippen LogP contribution in [0, 0.1) is 0 Å². The lowest BCUT2D eigenvalue weighted by Gasteiger charge is -2.19. The van der Waals surface area contributed by atoms with Gasteiger partial charge in [0.25, 0.3) is 0 Å². The Labute approximate surface area is 249 Å². The fourth-order valence-electron chi connectivity index (χ4n) is 4.33. The minimum atomic E-state index is -0.257. The van der Waals surface area contributed by atoms with Gasteiger partial charge in [0.15, 0.2) is 0 Å². The molecule has 0 rings (SSSR count). The van der Waals surface area contributed by atoms with E-state index in [1.165, 1.54) is 38.5 Å². The molecule has 0 saturated carbocycles. The average molecular weight is 562 g/mol. The van der Waals surface area contributed by atoms with Crippen LogP contribution in [0.25, 0.3) is 0 Å². The Morgan fingerprint density at radius 3 is 1.30 bits per heavy atom. The number of hydrogen-bond acceptors (Lipinski definition) is 5. The third kappa shape index (κ3) is 31.3. The first-order valence-electron chi connectivity index (χ1n) is 16.7. The van der Waals surface area contributed by atoms with Crippen LogP contribution >= 0.6 is 0 Å². The van der Waals surface area contributed by atoms with Gasteiger partial charge in [-0.2, -0.15) is 0 Å². The topological polar surface area (TPSA) is 67.8 Å². The molecule has 0 aromatic carbocycles. The summed E-state index contributed by atoms with van der Waals surface area (Å²) in [6.07, 6.45) is 35.6. The average Bonchev–Trinajstić information content (AvgIpc) is 2.95. The Hall–Kier alpha value is -1.24. The van der Waals surface area contributed by atoms with Gasteiger partial charge in [0, 0.05) is 39.3 Å². The highest BCUT2D eigenvalue weighted by molar-refractivity contribution is 4.93. The predicted octanol–water partition coefficient (Wildman–Crippen LogP) is 7.33. The van der Waals surface area contributed by atoms with Crippen molar-refractivity contribution in [2.24, 2.45) is 0 Å². The molecule has 0 amide bonds. The number of likely N-dealkylation sites (N-methyl/N-ethyl adjacent to an activating group) is 1. The molecule has 0 radical (unpaired) electrons. The van der Waals surface area contributed by atoms with Gasteiger partial charge in [0.05, 0.1) is 12.2 Å². The van der Waals surface area contributed by atoms with E-state index in [-0.39, 0.29) is 12.2 Å². The summed E-state index contributed by atoms with van der Waals surface area (Å²) in [5.74, 6) is 0. The first-order chi connectivity index (χ1) is 19.6. The normalized spacial score (nSPS) is 14.2. The zero-order valence-electron chi connectivity index (χ0n) is 26.7. The lowest BCUT2D eigenvalue weighted by Crippen LogP contribution is -2.38. The van der Waals surface area contributed by atoms with Crippen LogP contribution in [0.15, 0.2) is 48.6 Å². The van der Waals surface area contributed by atoms with Gasteiger partial charge in [-0.05, 0) is 71.3 Å². The molecule has 0 bridgehead atoms. The van der Waals surface area contributed by atoms with Crippen LogP contribution in [-0.4, -0.2) is 73.6 Å². The third-order valence-electron chi connectivity index (χ3n) is 7.08. The Morgan fingerprint density at radius 2 is 0.925 bits per heavy atom. The van der Waals surface area contributed by atoms with E-state index in [1.807, 2.05) is 0 Å². The molecule has 0 aromatic rings. The van der Waals surface area contributed by atoms with Gasteiger partial charge in [-0.1, -0.05) is 101 Å². The number of hydrogen-bond donors (Lipinski definition) is 4. The molecule has 0 saturated heterocycles. The molecule has 0 aromatic heterocycles. The molecule has 5 nitrogen and oxygen atoms in total. The molecule has 4 N–H and O–H groups in total. The van der Waals surface area contributed by atoms with Crippen molar-refractivity contribution in [3.8, 4) is 0 Å². The molecule has 5 heteroatoms. The molecular formula is C35H67N3O2. The molecule has 0 aliphatic carbocycles. The van der Waals surface area contributed by atoms with Gasteiger partial charge in [0.2, 0.25) is 0 Å². The van der Waals surface area contributed by atoms with E-state index in [2.05, 4.69) is 85.0 Å². The Kier molecular flexibility index (Phi) is 31.3. The summed E-state index contributed by atoms with van der Waals surface area (Å²) in [4.78, 5) is 2.29. The van der Waals surface area contributed by atoms with E-state index >= 15 is 0 Å². The number of unbranched alkanes of at least 4 members (excludes halogenated alkanes) is 8. The van der Waals surface area contributed by atoms with Gasteiger partial charge < -0.3 is 25.7 Å². The van der Waals surface area contributed by atoms with Gasteiger partial charge in [-0.3, -0.25) is 0 Å². The van der Waals surface area contributed by atoms with Crippen molar-refractivity contribution >= 4 is 0 Å². The summed E-state index contributed by atoms with van der Waals surface area (Å²) in [6.45, 7) is 9.47. The SMILES string of the molecule is CCCC/C=C\C/C=C\CCCCC(O)CNCCN(C)CCNCC(O)CCCC/C=C\C/C=C\CCCC. The molecule has 0 fully saturated rings. The molecule has 0 spiro atoms. The summed E-state index contributed by atoms with van der Waals surface area (Å²) < 4.78 is 0. The van der Waals surface area contributed by atoms with Crippen LogP contribution in [0.1, 0.15) is 117 Å². The predicted molar refractivity (Wildman–Crippen MR) is 177 cm³/mol. The van der Waals surface area contributed by atoms with Crippen molar-refractivity contribution in [3.63, 3.8) is 0 Å². The Balaban J connectivity index is 3.50. The van der Waals surface area contributed by atoms with Crippen LogP contribution in [0.5, 0.6) is 0 Å². The summed E-state index contributed by atoms with van der Waals surface area (Å²) >= 11 is 0. The molecule has 2 unspecified atom stereocenters. The lowest BCUT2D eigenvalue weighted by atomic mass is 10.1. The monoisotopic (exact) mass is 562 g/mol. The molecule has 40 heavy (non-hydrogen) atoms. The quantitative estimate of drug-likeness (QED) is 0.0546. The molecule has 2 atom stereocenters. The van der Waals surface area contributed by atoms with Gasteiger partial charge in [0.1, 0.15) is 0 Å². The lowest BCUT2D eigenvalue weighted by molar-refractivity contribution is 0.155. The first-order valence-corrected chi connectivity index (χ1v) is 16.7. The Bertz CT molecular complexity index is 566. The third-order valence-corrected chi connectivity index (χ3v) is 7.08. The van der Waals surface area contributed by atoms with E-state index < -0.39 is 0 Å². The standard InChI is InChI=1S/C35H67N3O2/c1-4-6-8-10-12-14-16-18-20-22-24-26-34(39)32-36-28-30-38(3)31-29-37-33-35(40)27-25-23-21-19-17-15-13-11-9-7-5-2/h10-13,16-19,34-37,39-40H,4-9,14-15,20-33H2,1-3H3/b12-10-,13-11-,18-16-,19-17-. The second kappa shape index (κ2) is 32.3. The second-order valence-corrected chi connectivity index (χ2v) is 11.2. The van der Waals surface area contributed by atoms with E-state index in [9.17, 15) is 10.2 Å². The number of rotatable bonds is 30. The zero-order chi connectivity index (χ0) is 29.4. The highest BCUT2D eigenvalue weighted by atomic mass is 16.3. The number of aliphatic hydroxyl groups is 2. The molecule has 0 heterocycles. The highest BCUT2D eigenvalue weighted by Crippen LogP contribution is 2.06. The summed E-state index contributed by atoms with van der Waals surface area (Å²) in [5.41, 5.74) is 0. The van der Waals surface area contributed by atoms with Crippen LogP contribution < -0.4 is 10.6 Å². The van der Waals surface area contributed by atoms with Crippen LogP contribution in [-0.2, 0) is 0 Å². The van der Waals surface area contributed by atoms with Crippen molar-refractivity contribution < 1.29 is 10.2 Å². The maximum absolute atomic E-state index is 10.2. The number of allylic oxidation sites excluding steroid dienone is 8. The Morgan fingerprint density at radius 1 is 0.550 bits per heavy atom. The molecule has 0 aliphatic rings. The summed E-state index contributed by atoms with van der Waals surface area (Å²) in [5, 5.41) is 27.2.